The molecule has 2 aromatic rings. The summed E-state index contributed by atoms with van der Waals surface area (Å²) < 4.78 is 16.2. The van der Waals surface area contributed by atoms with Gasteiger partial charge >= 0.3 is 0 Å². The Bertz CT molecular complexity index is 524. The van der Waals surface area contributed by atoms with E-state index in [4.69, 9.17) is 5.73 Å². The van der Waals surface area contributed by atoms with Gasteiger partial charge < -0.3 is 10.3 Å². The molecule has 17 heavy (non-hydrogen) atoms. The number of imidazole rings is 1. The van der Waals surface area contributed by atoms with Crippen LogP contribution in [0.5, 0.6) is 0 Å². The number of nitrogens with zero attached hydrogens (tertiary/aromatic N) is 2. The summed E-state index contributed by atoms with van der Waals surface area (Å²) in [6, 6.07) is 4.55. The molecule has 0 spiro atoms. The van der Waals surface area contributed by atoms with Crippen molar-refractivity contribution in [1.29, 1.82) is 0 Å². The van der Waals surface area contributed by atoms with E-state index in [0.717, 1.165) is 6.54 Å². The fourth-order valence-electron chi connectivity index (χ4n) is 1.63. The molecule has 0 saturated heterocycles. The van der Waals surface area contributed by atoms with Crippen molar-refractivity contribution in [2.75, 3.05) is 0 Å². The van der Waals surface area contributed by atoms with Crippen molar-refractivity contribution in [2.24, 2.45) is 5.73 Å². The van der Waals surface area contributed by atoms with Gasteiger partial charge in [-0.1, -0.05) is 12.1 Å². The van der Waals surface area contributed by atoms with Crippen LogP contribution >= 0.6 is 15.9 Å². The smallest absolute Gasteiger partial charge is 0.142 e. The first-order valence-corrected chi connectivity index (χ1v) is 6.14. The normalized spacial score (nSPS) is 12.7. The van der Waals surface area contributed by atoms with Crippen LogP contribution in [-0.4, -0.2) is 9.55 Å². The van der Waals surface area contributed by atoms with E-state index < -0.39 is 6.04 Å². The maximum Gasteiger partial charge on any atom is 0.142 e. The first kappa shape index (κ1) is 12.3. The molecule has 2 rings (SSSR count). The van der Waals surface area contributed by atoms with Gasteiger partial charge in [0.25, 0.3) is 0 Å². The minimum absolute atomic E-state index is 0.328. The highest BCUT2D eigenvalue weighted by atomic mass is 79.9. The van der Waals surface area contributed by atoms with Gasteiger partial charge in [0.2, 0.25) is 0 Å². The fraction of sp³-hybridized carbons (Fsp3) is 0.250. The molecule has 1 unspecified atom stereocenters. The Morgan fingerprint density at radius 3 is 2.94 bits per heavy atom. The second kappa shape index (κ2) is 4.98. The summed E-state index contributed by atoms with van der Waals surface area (Å²) in [5.41, 5.74) is 7.13. The number of nitrogens with two attached hydrogens (primary N) is 1. The van der Waals surface area contributed by atoms with Crippen LogP contribution in [0.1, 0.15) is 24.2 Å². The van der Waals surface area contributed by atoms with Gasteiger partial charge in [0.15, 0.2) is 0 Å². The van der Waals surface area contributed by atoms with E-state index in [1.165, 1.54) is 0 Å². The number of aromatic nitrogens is 2. The molecule has 0 saturated carbocycles. The van der Waals surface area contributed by atoms with Gasteiger partial charge in [-0.05, 0) is 28.9 Å². The van der Waals surface area contributed by atoms with Crippen molar-refractivity contribution < 1.29 is 4.39 Å². The summed E-state index contributed by atoms with van der Waals surface area (Å²) in [5, 5.41) is 0. The quantitative estimate of drug-likeness (QED) is 0.947. The first-order chi connectivity index (χ1) is 8.13. The lowest BCUT2D eigenvalue weighted by molar-refractivity contribution is 0.591. The van der Waals surface area contributed by atoms with Crippen LogP contribution in [-0.2, 0) is 6.54 Å². The Kier molecular flexibility index (Phi) is 3.59. The minimum atomic E-state index is -0.541. The topological polar surface area (TPSA) is 43.8 Å². The number of hydrogen-bond acceptors (Lipinski definition) is 2. The first-order valence-electron chi connectivity index (χ1n) is 5.34. The van der Waals surface area contributed by atoms with Crippen molar-refractivity contribution in [3.8, 4) is 0 Å². The summed E-state index contributed by atoms with van der Waals surface area (Å²) in [4.78, 5) is 4.19. The average molecular weight is 298 g/mol. The molecule has 0 aliphatic carbocycles. The van der Waals surface area contributed by atoms with Crippen LogP contribution in [0.2, 0.25) is 0 Å². The van der Waals surface area contributed by atoms with Gasteiger partial charge in [0, 0.05) is 18.3 Å². The van der Waals surface area contributed by atoms with Gasteiger partial charge in [-0.3, -0.25) is 0 Å². The summed E-state index contributed by atoms with van der Waals surface area (Å²) in [6.45, 7) is 2.83. The predicted molar refractivity (Wildman–Crippen MR) is 68.0 cm³/mol. The third-order valence-corrected chi connectivity index (χ3v) is 3.27. The molecule has 1 atom stereocenters. The van der Waals surface area contributed by atoms with Crippen LogP contribution in [0.25, 0.3) is 0 Å². The average Bonchev–Trinajstić information content (AvgIpc) is 2.80. The second-order valence-corrected chi connectivity index (χ2v) is 4.60. The Morgan fingerprint density at radius 2 is 2.29 bits per heavy atom. The molecule has 0 aliphatic heterocycles. The molecule has 5 heteroatoms. The van der Waals surface area contributed by atoms with Gasteiger partial charge in [0.05, 0.1) is 22.5 Å². The molecule has 3 nitrogen and oxygen atoms in total. The Morgan fingerprint density at radius 1 is 1.53 bits per heavy atom. The molecule has 0 fully saturated rings. The third kappa shape index (κ3) is 2.40. The SMILES string of the molecule is CCn1cnc(C(N)c2cccc(Br)c2F)c1. The van der Waals surface area contributed by atoms with E-state index in [-0.39, 0.29) is 5.82 Å². The number of halogens is 2. The molecule has 1 heterocycles. The summed E-state index contributed by atoms with van der Waals surface area (Å²) >= 11 is 3.15. The van der Waals surface area contributed by atoms with Gasteiger partial charge in [-0.15, -0.1) is 0 Å². The van der Waals surface area contributed by atoms with Crippen LogP contribution in [0, 0.1) is 5.82 Å². The number of benzene rings is 1. The number of rotatable bonds is 3. The zero-order chi connectivity index (χ0) is 12.4. The molecule has 2 N–H and O–H groups in total. The largest absolute Gasteiger partial charge is 0.337 e. The molecule has 1 aromatic heterocycles. The zero-order valence-electron chi connectivity index (χ0n) is 9.40. The standard InChI is InChI=1S/C12H13BrFN3/c1-2-17-6-10(16-7-17)12(15)8-4-3-5-9(13)11(8)14/h3-7,12H,2,15H2,1H3. The van der Waals surface area contributed by atoms with Crippen molar-refractivity contribution in [1.82, 2.24) is 9.55 Å². The Hall–Kier alpha value is -1.20. The van der Waals surface area contributed by atoms with Crippen LogP contribution in [0.3, 0.4) is 0 Å². The number of hydrogen-bond donors (Lipinski definition) is 1. The zero-order valence-corrected chi connectivity index (χ0v) is 11.0. The van der Waals surface area contributed by atoms with Crippen LogP contribution < -0.4 is 5.73 Å². The number of aryl methyl sites for hydroxylation is 1. The van der Waals surface area contributed by atoms with Crippen molar-refractivity contribution >= 4 is 15.9 Å². The van der Waals surface area contributed by atoms with Gasteiger partial charge in [0.1, 0.15) is 5.82 Å². The minimum Gasteiger partial charge on any atom is -0.337 e. The lowest BCUT2D eigenvalue weighted by Gasteiger charge is -2.11. The maximum absolute atomic E-state index is 13.9. The fourth-order valence-corrected chi connectivity index (χ4v) is 2.01. The highest BCUT2D eigenvalue weighted by Crippen LogP contribution is 2.25. The van der Waals surface area contributed by atoms with Crippen LogP contribution in [0.15, 0.2) is 35.2 Å². The molecular weight excluding hydrogens is 285 g/mol. The molecule has 0 aliphatic rings. The highest BCUT2D eigenvalue weighted by Gasteiger charge is 2.17. The molecule has 90 valence electrons. The summed E-state index contributed by atoms with van der Waals surface area (Å²) in [5.74, 6) is -0.328. The van der Waals surface area contributed by atoms with Crippen LogP contribution in [0.4, 0.5) is 4.39 Å². The monoisotopic (exact) mass is 297 g/mol. The van der Waals surface area contributed by atoms with E-state index in [1.54, 1.807) is 24.5 Å². The molecule has 0 radical (unpaired) electrons. The molecule has 0 bridgehead atoms. The highest BCUT2D eigenvalue weighted by molar-refractivity contribution is 9.10. The second-order valence-electron chi connectivity index (χ2n) is 3.75. The van der Waals surface area contributed by atoms with Gasteiger partial charge in [-0.2, -0.15) is 0 Å². The van der Waals surface area contributed by atoms with Crippen molar-refractivity contribution in [3.63, 3.8) is 0 Å². The predicted octanol–water partition coefficient (Wildman–Crippen LogP) is 2.85. The van der Waals surface area contributed by atoms with E-state index in [0.29, 0.717) is 15.7 Å². The van der Waals surface area contributed by atoms with E-state index in [2.05, 4.69) is 20.9 Å². The van der Waals surface area contributed by atoms with E-state index >= 15 is 0 Å². The summed E-state index contributed by atoms with van der Waals surface area (Å²) in [6.07, 6.45) is 3.54. The lowest BCUT2D eigenvalue weighted by Crippen LogP contribution is -2.14. The summed E-state index contributed by atoms with van der Waals surface area (Å²) in [7, 11) is 0. The van der Waals surface area contributed by atoms with E-state index in [1.807, 2.05) is 17.7 Å². The Labute approximate surface area is 108 Å². The lowest BCUT2D eigenvalue weighted by atomic mass is 10.0. The van der Waals surface area contributed by atoms with Crippen molar-refractivity contribution in [2.45, 2.75) is 19.5 Å². The molecular formula is C12H13BrFN3. The molecule has 1 aromatic carbocycles. The molecule has 0 amide bonds. The third-order valence-electron chi connectivity index (χ3n) is 2.65. The van der Waals surface area contributed by atoms with Crippen molar-refractivity contribution in [3.05, 3.63) is 52.3 Å². The van der Waals surface area contributed by atoms with Gasteiger partial charge in [-0.25, -0.2) is 9.37 Å². The maximum atomic E-state index is 13.9. The van der Waals surface area contributed by atoms with E-state index in [9.17, 15) is 4.39 Å². The Balaban J connectivity index is 2.36.